The van der Waals surface area contributed by atoms with Crippen molar-refractivity contribution in [1.29, 1.82) is 0 Å². The number of aryl methyl sites for hydroxylation is 1. The molecule has 1 amide bonds. The number of nitrogens with one attached hydrogen (secondary N) is 1. The fraction of sp³-hybridized carbons (Fsp3) is 0.235. The average Bonchev–Trinajstić information content (AvgIpc) is 2.49. The van der Waals surface area contributed by atoms with Crippen LogP contribution in [0, 0.1) is 6.92 Å². The van der Waals surface area contributed by atoms with Crippen molar-refractivity contribution in [3.8, 4) is 5.75 Å². The maximum absolute atomic E-state index is 12.1. The number of nitrogens with two attached hydrogens (primary N) is 1. The molecule has 2 rings (SSSR count). The number of benzene rings is 2. The van der Waals surface area contributed by atoms with E-state index in [9.17, 15) is 4.79 Å². The Kier molecular flexibility index (Phi) is 4.82. The van der Waals surface area contributed by atoms with Crippen molar-refractivity contribution >= 4 is 11.6 Å². The van der Waals surface area contributed by atoms with Crippen LogP contribution in [0.15, 0.2) is 42.5 Å². The van der Waals surface area contributed by atoms with Gasteiger partial charge in [0.1, 0.15) is 5.75 Å². The number of carbonyl (C=O) groups is 1. The smallest absolute Gasteiger partial charge is 0.251 e. The van der Waals surface area contributed by atoms with Crippen LogP contribution in [0.3, 0.4) is 0 Å². The van der Waals surface area contributed by atoms with Gasteiger partial charge in [0.2, 0.25) is 0 Å². The first kappa shape index (κ1) is 14.9. The van der Waals surface area contributed by atoms with Gasteiger partial charge < -0.3 is 15.8 Å². The standard InChI is InChI=1S/C17H20N2O2/c1-12-5-3-4-6-13(12)9-10-19-17(20)14-7-8-16(21-2)15(18)11-14/h3-8,11H,9-10,18H2,1-2H3,(H,19,20). The summed E-state index contributed by atoms with van der Waals surface area (Å²) in [6.07, 6.45) is 0.810. The third-order valence-electron chi connectivity index (χ3n) is 3.43. The Labute approximate surface area is 124 Å². The summed E-state index contributed by atoms with van der Waals surface area (Å²) in [7, 11) is 1.55. The van der Waals surface area contributed by atoms with E-state index in [4.69, 9.17) is 10.5 Å². The van der Waals surface area contributed by atoms with Gasteiger partial charge in [0.25, 0.3) is 5.91 Å². The molecule has 0 radical (unpaired) electrons. The highest BCUT2D eigenvalue weighted by molar-refractivity contribution is 5.95. The van der Waals surface area contributed by atoms with E-state index < -0.39 is 0 Å². The van der Waals surface area contributed by atoms with Gasteiger partial charge in [-0.05, 0) is 42.7 Å². The third kappa shape index (κ3) is 3.75. The van der Waals surface area contributed by atoms with E-state index in [1.165, 1.54) is 11.1 Å². The fourth-order valence-corrected chi connectivity index (χ4v) is 2.18. The van der Waals surface area contributed by atoms with Crippen molar-refractivity contribution in [3.63, 3.8) is 0 Å². The summed E-state index contributed by atoms with van der Waals surface area (Å²) in [5.74, 6) is 0.449. The summed E-state index contributed by atoms with van der Waals surface area (Å²) in [4.78, 5) is 12.1. The highest BCUT2D eigenvalue weighted by atomic mass is 16.5. The molecule has 0 bridgehead atoms. The second-order valence-electron chi connectivity index (χ2n) is 4.89. The number of amides is 1. The van der Waals surface area contributed by atoms with Crippen LogP contribution in [0.1, 0.15) is 21.5 Å². The molecule has 110 valence electrons. The first-order valence-corrected chi connectivity index (χ1v) is 6.88. The van der Waals surface area contributed by atoms with E-state index in [1.54, 1.807) is 25.3 Å². The number of ether oxygens (including phenoxy) is 1. The minimum absolute atomic E-state index is 0.127. The zero-order valence-corrected chi connectivity index (χ0v) is 12.3. The van der Waals surface area contributed by atoms with Crippen molar-refractivity contribution in [2.75, 3.05) is 19.4 Å². The van der Waals surface area contributed by atoms with Crippen LogP contribution in [0.2, 0.25) is 0 Å². The SMILES string of the molecule is COc1ccc(C(=O)NCCc2ccccc2C)cc1N. The summed E-state index contributed by atoms with van der Waals surface area (Å²) in [5, 5.41) is 2.90. The maximum atomic E-state index is 12.1. The van der Waals surface area contributed by atoms with Gasteiger partial charge in [-0.3, -0.25) is 4.79 Å². The van der Waals surface area contributed by atoms with E-state index in [1.807, 2.05) is 12.1 Å². The lowest BCUT2D eigenvalue weighted by Crippen LogP contribution is -2.25. The second-order valence-corrected chi connectivity index (χ2v) is 4.89. The zero-order valence-electron chi connectivity index (χ0n) is 12.3. The molecule has 0 aromatic heterocycles. The molecule has 0 fully saturated rings. The summed E-state index contributed by atoms with van der Waals surface area (Å²) < 4.78 is 5.08. The monoisotopic (exact) mass is 284 g/mol. The number of hydrogen-bond acceptors (Lipinski definition) is 3. The highest BCUT2D eigenvalue weighted by Gasteiger charge is 2.08. The van der Waals surface area contributed by atoms with Gasteiger partial charge in [-0.25, -0.2) is 0 Å². The molecule has 0 atom stereocenters. The Morgan fingerprint density at radius 2 is 2.00 bits per heavy atom. The molecule has 0 aliphatic carbocycles. The van der Waals surface area contributed by atoms with Crippen molar-refractivity contribution in [2.45, 2.75) is 13.3 Å². The van der Waals surface area contributed by atoms with Crippen LogP contribution in [-0.2, 0) is 6.42 Å². The van der Waals surface area contributed by atoms with Gasteiger partial charge >= 0.3 is 0 Å². The van der Waals surface area contributed by atoms with E-state index in [2.05, 4.69) is 24.4 Å². The molecule has 0 spiro atoms. The first-order chi connectivity index (χ1) is 10.1. The highest BCUT2D eigenvalue weighted by Crippen LogP contribution is 2.21. The normalized spacial score (nSPS) is 10.2. The fourth-order valence-electron chi connectivity index (χ4n) is 2.18. The topological polar surface area (TPSA) is 64.3 Å². The summed E-state index contributed by atoms with van der Waals surface area (Å²) in [5.41, 5.74) is 9.29. The Bertz CT molecular complexity index is 638. The molecular weight excluding hydrogens is 264 g/mol. The number of carbonyl (C=O) groups excluding carboxylic acids is 1. The average molecular weight is 284 g/mol. The number of nitrogen functional groups attached to an aromatic ring is 1. The largest absolute Gasteiger partial charge is 0.495 e. The van der Waals surface area contributed by atoms with E-state index in [0.717, 1.165) is 6.42 Å². The lowest BCUT2D eigenvalue weighted by molar-refractivity contribution is 0.0954. The van der Waals surface area contributed by atoms with E-state index >= 15 is 0 Å². The summed E-state index contributed by atoms with van der Waals surface area (Å²) >= 11 is 0. The minimum atomic E-state index is -0.127. The lowest BCUT2D eigenvalue weighted by Gasteiger charge is -2.09. The molecular formula is C17H20N2O2. The summed E-state index contributed by atoms with van der Waals surface area (Å²) in [6, 6.07) is 13.2. The Morgan fingerprint density at radius 1 is 1.24 bits per heavy atom. The molecule has 4 heteroatoms. The first-order valence-electron chi connectivity index (χ1n) is 6.88. The molecule has 0 unspecified atom stereocenters. The van der Waals surface area contributed by atoms with Crippen LogP contribution in [-0.4, -0.2) is 19.6 Å². The molecule has 0 aliphatic rings. The number of anilines is 1. The van der Waals surface area contributed by atoms with Crippen LogP contribution in [0.4, 0.5) is 5.69 Å². The van der Waals surface area contributed by atoms with Crippen molar-refractivity contribution in [1.82, 2.24) is 5.32 Å². The molecule has 21 heavy (non-hydrogen) atoms. The van der Waals surface area contributed by atoms with Crippen molar-refractivity contribution < 1.29 is 9.53 Å². The molecule has 2 aromatic rings. The number of rotatable bonds is 5. The molecule has 0 saturated heterocycles. The Morgan fingerprint density at radius 3 is 2.67 bits per heavy atom. The maximum Gasteiger partial charge on any atom is 0.251 e. The van der Waals surface area contributed by atoms with E-state index in [-0.39, 0.29) is 5.91 Å². The molecule has 0 aliphatic heterocycles. The minimum Gasteiger partial charge on any atom is -0.495 e. The predicted octanol–water partition coefficient (Wildman–Crippen LogP) is 2.56. The molecule has 2 aromatic carbocycles. The van der Waals surface area contributed by atoms with Gasteiger partial charge in [-0.1, -0.05) is 24.3 Å². The van der Waals surface area contributed by atoms with Gasteiger partial charge in [0, 0.05) is 12.1 Å². The Hall–Kier alpha value is -2.49. The van der Waals surface area contributed by atoms with Crippen LogP contribution in [0.25, 0.3) is 0 Å². The van der Waals surface area contributed by atoms with Crippen molar-refractivity contribution in [2.24, 2.45) is 0 Å². The second kappa shape index (κ2) is 6.79. The molecule has 0 heterocycles. The number of methoxy groups -OCH3 is 1. The van der Waals surface area contributed by atoms with Crippen LogP contribution < -0.4 is 15.8 Å². The molecule has 0 saturated carbocycles. The zero-order chi connectivity index (χ0) is 15.2. The van der Waals surface area contributed by atoms with Crippen molar-refractivity contribution in [3.05, 3.63) is 59.2 Å². The lowest BCUT2D eigenvalue weighted by atomic mass is 10.1. The van der Waals surface area contributed by atoms with Crippen LogP contribution in [0.5, 0.6) is 5.75 Å². The van der Waals surface area contributed by atoms with Gasteiger partial charge in [-0.15, -0.1) is 0 Å². The summed E-state index contributed by atoms with van der Waals surface area (Å²) in [6.45, 7) is 2.66. The van der Waals surface area contributed by atoms with Gasteiger partial charge in [0.05, 0.1) is 12.8 Å². The van der Waals surface area contributed by atoms with Gasteiger partial charge in [0.15, 0.2) is 0 Å². The van der Waals surface area contributed by atoms with Crippen LogP contribution >= 0.6 is 0 Å². The third-order valence-corrected chi connectivity index (χ3v) is 3.43. The quantitative estimate of drug-likeness (QED) is 0.829. The number of hydrogen-bond donors (Lipinski definition) is 2. The molecule has 4 nitrogen and oxygen atoms in total. The Balaban J connectivity index is 1.93. The van der Waals surface area contributed by atoms with Gasteiger partial charge in [-0.2, -0.15) is 0 Å². The predicted molar refractivity (Wildman–Crippen MR) is 84.6 cm³/mol. The van der Waals surface area contributed by atoms with E-state index in [0.29, 0.717) is 23.5 Å². The molecule has 3 N–H and O–H groups in total.